The molecule has 1 aromatic carbocycles. The number of morpholine rings is 1. The number of carbonyl (C=O) groups is 1. The molecular formula is C18H24N2O4. The van der Waals surface area contributed by atoms with Crippen LogP contribution in [0.1, 0.15) is 22.5 Å². The van der Waals surface area contributed by atoms with Crippen LogP contribution in [0.3, 0.4) is 0 Å². The van der Waals surface area contributed by atoms with Crippen LogP contribution in [0.25, 0.3) is 11.0 Å². The summed E-state index contributed by atoms with van der Waals surface area (Å²) in [5, 5.41) is 3.79. The smallest absolute Gasteiger partial charge is 0.255 e. The molecule has 24 heavy (non-hydrogen) atoms. The lowest BCUT2D eigenvalue weighted by Crippen LogP contribution is -2.38. The number of aryl methyl sites for hydroxylation is 1. The van der Waals surface area contributed by atoms with Gasteiger partial charge in [-0.3, -0.25) is 9.69 Å². The average molecular weight is 332 g/mol. The lowest BCUT2D eigenvalue weighted by Gasteiger charge is -2.26. The van der Waals surface area contributed by atoms with Gasteiger partial charge in [0, 0.05) is 25.0 Å². The van der Waals surface area contributed by atoms with E-state index in [1.165, 1.54) is 0 Å². The summed E-state index contributed by atoms with van der Waals surface area (Å²) >= 11 is 0. The Kier molecular flexibility index (Phi) is 5.37. The summed E-state index contributed by atoms with van der Waals surface area (Å²) < 4.78 is 16.3. The van der Waals surface area contributed by atoms with Crippen LogP contribution in [0.15, 0.2) is 22.6 Å². The van der Waals surface area contributed by atoms with Gasteiger partial charge in [-0.15, -0.1) is 0 Å². The first-order valence-electron chi connectivity index (χ1n) is 8.34. The second-order valence-corrected chi connectivity index (χ2v) is 5.96. The molecule has 0 atom stereocenters. The van der Waals surface area contributed by atoms with Crippen molar-refractivity contribution in [2.24, 2.45) is 0 Å². The molecule has 0 radical (unpaired) electrons. The second-order valence-electron chi connectivity index (χ2n) is 5.96. The predicted molar refractivity (Wildman–Crippen MR) is 91.7 cm³/mol. The number of carbonyl (C=O) groups excluding carboxylic acids is 1. The summed E-state index contributed by atoms with van der Waals surface area (Å²) in [5.74, 6) is 1.25. The molecule has 3 rings (SSSR count). The minimum atomic E-state index is -0.0959. The highest BCUT2D eigenvalue weighted by atomic mass is 16.5. The number of methoxy groups -OCH3 is 1. The number of ether oxygens (including phenoxy) is 2. The Labute approximate surface area is 141 Å². The Bertz CT molecular complexity index is 704. The molecule has 1 fully saturated rings. The highest BCUT2D eigenvalue weighted by Gasteiger charge is 2.18. The average Bonchev–Trinajstić information content (AvgIpc) is 2.94. The van der Waals surface area contributed by atoms with Gasteiger partial charge in [0.05, 0.1) is 25.9 Å². The lowest BCUT2D eigenvalue weighted by atomic mass is 10.1. The van der Waals surface area contributed by atoms with Crippen molar-refractivity contribution in [3.05, 3.63) is 29.5 Å². The van der Waals surface area contributed by atoms with Crippen molar-refractivity contribution in [3.8, 4) is 5.75 Å². The quantitative estimate of drug-likeness (QED) is 0.822. The van der Waals surface area contributed by atoms with Crippen molar-refractivity contribution in [1.82, 2.24) is 10.2 Å². The molecule has 1 N–H and O–H groups in total. The van der Waals surface area contributed by atoms with Gasteiger partial charge in [-0.2, -0.15) is 0 Å². The van der Waals surface area contributed by atoms with E-state index in [0.29, 0.717) is 29.2 Å². The number of furan rings is 1. The zero-order valence-electron chi connectivity index (χ0n) is 14.3. The number of hydrogen-bond acceptors (Lipinski definition) is 5. The van der Waals surface area contributed by atoms with E-state index in [1.54, 1.807) is 7.11 Å². The molecule has 1 saturated heterocycles. The minimum absolute atomic E-state index is 0.0959. The van der Waals surface area contributed by atoms with Crippen molar-refractivity contribution in [1.29, 1.82) is 0 Å². The fourth-order valence-corrected chi connectivity index (χ4v) is 3.03. The first-order chi connectivity index (χ1) is 11.7. The largest absolute Gasteiger partial charge is 0.497 e. The zero-order valence-corrected chi connectivity index (χ0v) is 14.3. The fourth-order valence-electron chi connectivity index (χ4n) is 3.03. The molecular weight excluding hydrogens is 308 g/mol. The van der Waals surface area contributed by atoms with Crippen molar-refractivity contribution in [2.75, 3.05) is 46.5 Å². The highest BCUT2D eigenvalue weighted by Crippen LogP contribution is 2.28. The topological polar surface area (TPSA) is 63.9 Å². The first-order valence-corrected chi connectivity index (χ1v) is 8.34. The molecule has 6 heteroatoms. The molecule has 1 aliphatic rings. The minimum Gasteiger partial charge on any atom is -0.497 e. The molecule has 2 heterocycles. The van der Waals surface area contributed by atoms with Crippen LogP contribution in [0.2, 0.25) is 0 Å². The third kappa shape index (κ3) is 3.71. The summed E-state index contributed by atoms with van der Waals surface area (Å²) in [5.41, 5.74) is 1.29. The van der Waals surface area contributed by atoms with Crippen LogP contribution in [-0.2, 0) is 4.74 Å². The number of hydrogen-bond donors (Lipinski definition) is 1. The number of nitrogens with zero attached hydrogens (tertiary/aromatic N) is 1. The van der Waals surface area contributed by atoms with Crippen LogP contribution in [0.5, 0.6) is 5.75 Å². The molecule has 1 aromatic heterocycles. The van der Waals surface area contributed by atoms with E-state index in [2.05, 4.69) is 10.2 Å². The Morgan fingerprint density at radius 1 is 1.33 bits per heavy atom. The summed E-state index contributed by atoms with van der Waals surface area (Å²) in [6.07, 6.45) is 0.921. The van der Waals surface area contributed by atoms with Crippen molar-refractivity contribution >= 4 is 16.9 Å². The maximum atomic E-state index is 12.5. The number of fused-ring (bicyclic) bond motifs is 1. The van der Waals surface area contributed by atoms with Crippen LogP contribution in [0.4, 0.5) is 0 Å². The zero-order chi connectivity index (χ0) is 16.9. The Morgan fingerprint density at radius 3 is 2.88 bits per heavy atom. The van der Waals surface area contributed by atoms with Crippen LogP contribution < -0.4 is 10.1 Å². The Hall–Kier alpha value is -2.05. The van der Waals surface area contributed by atoms with Gasteiger partial charge in [-0.05, 0) is 38.1 Å². The highest BCUT2D eigenvalue weighted by molar-refractivity contribution is 6.07. The molecule has 2 aromatic rings. The third-order valence-electron chi connectivity index (χ3n) is 4.34. The van der Waals surface area contributed by atoms with Gasteiger partial charge in [-0.25, -0.2) is 0 Å². The number of amides is 1. The normalized spacial score (nSPS) is 15.6. The molecule has 1 aliphatic heterocycles. The number of rotatable bonds is 6. The Morgan fingerprint density at radius 2 is 2.12 bits per heavy atom. The van der Waals surface area contributed by atoms with E-state index in [4.69, 9.17) is 13.9 Å². The molecule has 0 aliphatic carbocycles. The van der Waals surface area contributed by atoms with Crippen LogP contribution in [0, 0.1) is 6.92 Å². The standard InChI is InChI=1S/C18H24N2O4/c1-13-17(15-12-14(22-2)4-5-16(15)24-13)18(21)19-6-3-7-20-8-10-23-11-9-20/h4-5,12H,3,6-11H2,1-2H3,(H,19,21). The summed E-state index contributed by atoms with van der Waals surface area (Å²) in [6, 6.07) is 5.50. The number of nitrogens with one attached hydrogen (secondary N) is 1. The van der Waals surface area contributed by atoms with Gasteiger partial charge in [0.1, 0.15) is 17.1 Å². The van der Waals surface area contributed by atoms with Gasteiger partial charge in [-0.1, -0.05) is 0 Å². The van der Waals surface area contributed by atoms with Crippen LogP contribution >= 0.6 is 0 Å². The van der Waals surface area contributed by atoms with Crippen molar-refractivity contribution < 1.29 is 18.7 Å². The fraction of sp³-hybridized carbons (Fsp3) is 0.500. The maximum Gasteiger partial charge on any atom is 0.255 e. The molecule has 0 spiro atoms. The van der Waals surface area contributed by atoms with Gasteiger partial charge < -0.3 is 19.2 Å². The molecule has 1 amide bonds. The number of benzene rings is 1. The van der Waals surface area contributed by atoms with Crippen molar-refractivity contribution in [3.63, 3.8) is 0 Å². The maximum absolute atomic E-state index is 12.5. The van der Waals surface area contributed by atoms with E-state index < -0.39 is 0 Å². The van der Waals surface area contributed by atoms with Gasteiger partial charge in [0.25, 0.3) is 5.91 Å². The van der Waals surface area contributed by atoms with Crippen LogP contribution in [-0.4, -0.2) is 57.3 Å². The van der Waals surface area contributed by atoms with E-state index in [1.807, 2.05) is 25.1 Å². The summed E-state index contributed by atoms with van der Waals surface area (Å²) in [6.45, 7) is 6.98. The SMILES string of the molecule is COc1ccc2oc(C)c(C(=O)NCCCN3CCOCC3)c2c1. The van der Waals surface area contributed by atoms with Gasteiger partial charge in [0.2, 0.25) is 0 Å². The van der Waals surface area contributed by atoms with Gasteiger partial charge >= 0.3 is 0 Å². The lowest BCUT2D eigenvalue weighted by molar-refractivity contribution is 0.0374. The molecule has 0 bridgehead atoms. The van der Waals surface area contributed by atoms with E-state index in [9.17, 15) is 4.79 Å². The monoisotopic (exact) mass is 332 g/mol. The molecule has 130 valence electrons. The third-order valence-corrected chi connectivity index (χ3v) is 4.34. The predicted octanol–water partition coefficient (Wildman–Crippen LogP) is 2.20. The molecule has 0 unspecified atom stereocenters. The van der Waals surface area contributed by atoms with E-state index in [-0.39, 0.29) is 5.91 Å². The van der Waals surface area contributed by atoms with Crippen molar-refractivity contribution in [2.45, 2.75) is 13.3 Å². The first kappa shape index (κ1) is 16.8. The van der Waals surface area contributed by atoms with E-state index >= 15 is 0 Å². The molecule has 6 nitrogen and oxygen atoms in total. The second kappa shape index (κ2) is 7.68. The van der Waals surface area contributed by atoms with E-state index in [0.717, 1.165) is 44.7 Å². The Balaban J connectivity index is 1.60. The molecule has 0 saturated carbocycles. The summed E-state index contributed by atoms with van der Waals surface area (Å²) in [7, 11) is 1.61. The summed E-state index contributed by atoms with van der Waals surface area (Å²) in [4.78, 5) is 14.9. The van der Waals surface area contributed by atoms with Gasteiger partial charge in [0.15, 0.2) is 0 Å².